The molecule has 0 bridgehead atoms. The first-order valence-electron chi connectivity index (χ1n) is 3.88. The Balaban J connectivity index is 3.34. The molecule has 0 aliphatic rings. The number of nitrogens with zero attached hydrogens (tertiary/aromatic N) is 1. The fraction of sp³-hybridized carbons (Fsp3) is 0.875. The van der Waals surface area contributed by atoms with E-state index in [4.69, 9.17) is 0 Å². The number of aliphatic imine (C=N–C) groups is 1. The largest absolute Gasteiger partial charge is 0.234 e. The first kappa shape index (κ1) is 9.38. The monoisotopic (exact) mass is 141 g/mol. The lowest BCUT2D eigenvalue weighted by atomic mass is 10.00. The van der Waals surface area contributed by atoms with E-state index in [0.29, 0.717) is 6.54 Å². The average Bonchev–Trinajstić information content (AvgIpc) is 1.99. The van der Waals surface area contributed by atoms with Gasteiger partial charge in [-0.3, -0.25) is 0 Å². The van der Waals surface area contributed by atoms with Gasteiger partial charge in [0.2, 0.25) is 6.08 Å². The number of hydrogen-bond donors (Lipinski definition) is 0. The molecule has 0 aromatic rings. The molecule has 0 amide bonds. The van der Waals surface area contributed by atoms with Gasteiger partial charge in [-0.2, -0.15) is 0 Å². The van der Waals surface area contributed by atoms with Crippen LogP contribution < -0.4 is 0 Å². The first-order chi connectivity index (χ1) is 4.85. The highest BCUT2D eigenvalue weighted by Gasteiger charge is 2.00. The Morgan fingerprint density at radius 2 is 2.00 bits per heavy atom. The Morgan fingerprint density at radius 3 is 2.40 bits per heavy atom. The van der Waals surface area contributed by atoms with Crippen molar-refractivity contribution in [1.29, 1.82) is 0 Å². The van der Waals surface area contributed by atoms with Gasteiger partial charge in [-0.25, -0.2) is 9.79 Å². The summed E-state index contributed by atoms with van der Waals surface area (Å²) in [6, 6.07) is 0. The van der Waals surface area contributed by atoms with Gasteiger partial charge in [0, 0.05) is 0 Å². The molecular formula is C8H15NO. The molecule has 0 aromatic carbocycles. The van der Waals surface area contributed by atoms with E-state index in [9.17, 15) is 4.79 Å². The lowest BCUT2D eigenvalue weighted by molar-refractivity contribution is 0.462. The minimum atomic E-state index is 0.649. The average molecular weight is 141 g/mol. The fourth-order valence-corrected chi connectivity index (χ4v) is 0.990. The van der Waals surface area contributed by atoms with Gasteiger partial charge in [0.15, 0.2) is 0 Å². The number of isocyanates is 1. The molecule has 0 aliphatic heterocycles. The van der Waals surface area contributed by atoms with Crippen LogP contribution in [0.4, 0.5) is 0 Å². The van der Waals surface area contributed by atoms with Crippen molar-refractivity contribution >= 4 is 6.08 Å². The van der Waals surface area contributed by atoms with E-state index in [0.717, 1.165) is 12.3 Å². The van der Waals surface area contributed by atoms with Crippen LogP contribution in [0.3, 0.4) is 0 Å². The van der Waals surface area contributed by atoms with Crippen molar-refractivity contribution in [3.05, 3.63) is 0 Å². The molecule has 58 valence electrons. The van der Waals surface area contributed by atoms with Gasteiger partial charge in [-0.1, -0.05) is 26.7 Å². The maximum absolute atomic E-state index is 9.67. The Morgan fingerprint density at radius 1 is 1.40 bits per heavy atom. The van der Waals surface area contributed by atoms with E-state index in [-0.39, 0.29) is 0 Å². The van der Waals surface area contributed by atoms with Crippen molar-refractivity contribution in [2.24, 2.45) is 10.9 Å². The van der Waals surface area contributed by atoms with Crippen LogP contribution in [-0.4, -0.2) is 12.6 Å². The molecule has 0 saturated heterocycles. The zero-order valence-electron chi connectivity index (χ0n) is 6.76. The second-order valence-electron chi connectivity index (χ2n) is 2.44. The molecule has 10 heavy (non-hydrogen) atoms. The van der Waals surface area contributed by atoms with Gasteiger partial charge < -0.3 is 0 Å². The van der Waals surface area contributed by atoms with Crippen molar-refractivity contribution in [3.63, 3.8) is 0 Å². The molecule has 0 N–H and O–H groups in total. The van der Waals surface area contributed by atoms with Gasteiger partial charge in [-0.05, 0) is 12.3 Å². The molecule has 0 radical (unpaired) electrons. The van der Waals surface area contributed by atoms with Gasteiger partial charge in [0.1, 0.15) is 0 Å². The summed E-state index contributed by atoms with van der Waals surface area (Å²) in [7, 11) is 0. The SMILES string of the molecule is CCC(CC)CCN=C=O. The predicted molar refractivity (Wildman–Crippen MR) is 41.7 cm³/mol. The summed E-state index contributed by atoms with van der Waals surface area (Å²) in [5, 5.41) is 0. The molecule has 0 spiro atoms. The molecule has 0 aliphatic carbocycles. The third-order valence-corrected chi connectivity index (χ3v) is 1.87. The van der Waals surface area contributed by atoms with Crippen LogP contribution >= 0.6 is 0 Å². The van der Waals surface area contributed by atoms with Crippen LogP contribution in [0.1, 0.15) is 33.1 Å². The van der Waals surface area contributed by atoms with Gasteiger partial charge in [0.25, 0.3) is 0 Å². The summed E-state index contributed by atoms with van der Waals surface area (Å²) < 4.78 is 0. The van der Waals surface area contributed by atoms with E-state index in [1.54, 1.807) is 6.08 Å². The van der Waals surface area contributed by atoms with Crippen molar-refractivity contribution in [2.45, 2.75) is 33.1 Å². The van der Waals surface area contributed by atoms with Crippen molar-refractivity contribution < 1.29 is 4.79 Å². The molecule has 0 saturated carbocycles. The smallest absolute Gasteiger partial charge is 0.211 e. The van der Waals surface area contributed by atoms with E-state index in [2.05, 4.69) is 18.8 Å². The molecule has 0 rings (SSSR count). The topological polar surface area (TPSA) is 29.4 Å². The van der Waals surface area contributed by atoms with Crippen molar-refractivity contribution in [2.75, 3.05) is 6.54 Å². The highest BCUT2D eigenvalue weighted by atomic mass is 16.1. The van der Waals surface area contributed by atoms with E-state index in [1.807, 2.05) is 0 Å². The van der Waals surface area contributed by atoms with E-state index >= 15 is 0 Å². The zero-order chi connectivity index (χ0) is 7.82. The summed E-state index contributed by atoms with van der Waals surface area (Å²) in [4.78, 5) is 13.2. The lowest BCUT2D eigenvalue weighted by Crippen LogP contribution is -1.98. The normalized spacial score (nSPS) is 9.50. The van der Waals surface area contributed by atoms with Crippen LogP contribution in [0.2, 0.25) is 0 Å². The van der Waals surface area contributed by atoms with Crippen LogP contribution in [0, 0.1) is 5.92 Å². The van der Waals surface area contributed by atoms with Crippen molar-refractivity contribution in [1.82, 2.24) is 0 Å². The lowest BCUT2D eigenvalue weighted by Gasteiger charge is -2.07. The second-order valence-corrected chi connectivity index (χ2v) is 2.44. The summed E-state index contributed by atoms with van der Waals surface area (Å²) >= 11 is 0. The van der Waals surface area contributed by atoms with Crippen LogP contribution in [0.5, 0.6) is 0 Å². The maximum Gasteiger partial charge on any atom is 0.234 e. The highest BCUT2D eigenvalue weighted by molar-refractivity contribution is 5.32. The minimum absolute atomic E-state index is 0.649. The molecule has 2 nitrogen and oxygen atoms in total. The summed E-state index contributed by atoms with van der Waals surface area (Å²) in [6.07, 6.45) is 4.95. The third kappa shape index (κ3) is 4.28. The first-order valence-corrected chi connectivity index (χ1v) is 3.88. The highest BCUT2D eigenvalue weighted by Crippen LogP contribution is 2.11. The molecule has 0 atom stereocenters. The second kappa shape index (κ2) is 6.50. The van der Waals surface area contributed by atoms with Crippen LogP contribution in [0.25, 0.3) is 0 Å². The van der Waals surface area contributed by atoms with Gasteiger partial charge in [0.05, 0.1) is 6.54 Å². The molecule has 0 unspecified atom stereocenters. The summed E-state index contributed by atoms with van der Waals surface area (Å²) in [5.74, 6) is 0.733. The molecule has 0 aromatic heterocycles. The summed E-state index contributed by atoms with van der Waals surface area (Å²) in [6.45, 7) is 4.98. The van der Waals surface area contributed by atoms with E-state index < -0.39 is 0 Å². The number of rotatable bonds is 5. The standard InChI is InChI=1S/C8H15NO/c1-3-8(4-2)5-6-9-7-10/h8H,3-6H2,1-2H3. The van der Waals surface area contributed by atoms with E-state index in [1.165, 1.54) is 12.8 Å². The van der Waals surface area contributed by atoms with Crippen molar-refractivity contribution in [3.8, 4) is 0 Å². The van der Waals surface area contributed by atoms with Crippen LogP contribution in [-0.2, 0) is 4.79 Å². The third-order valence-electron chi connectivity index (χ3n) is 1.87. The Kier molecular flexibility index (Phi) is 6.10. The van der Waals surface area contributed by atoms with Gasteiger partial charge >= 0.3 is 0 Å². The predicted octanol–water partition coefficient (Wildman–Crippen LogP) is 2.15. The molecule has 0 fully saturated rings. The fourth-order valence-electron chi connectivity index (χ4n) is 0.990. The van der Waals surface area contributed by atoms with Crippen LogP contribution in [0.15, 0.2) is 4.99 Å². The molecular weight excluding hydrogens is 126 g/mol. The number of carbonyl (C=O) groups excluding carboxylic acids is 1. The summed E-state index contributed by atoms with van der Waals surface area (Å²) in [5.41, 5.74) is 0. The Bertz CT molecular complexity index is 112. The molecule has 0 heterocycles. The quantitative estimate of drug-likeness (QED) is 0.426. The zero-order valence-corrected chi connectivity index (χ0v) is 6.76. The Labute approximate surface area is 62.4 Å². The number of hydrogen-bond acceptors (Lipinski definition) is 2. The Hall–Kier alpha value is -0.620. The maximum atomic E-state index is 9.67. The van der Waals surface area contributed by atoms with Gasteiger partial charge in [-0.15, -0.1) is 0 Å². The minimum Gasteiger partial charge on any atom is -0.211 e. The molecule has 2 heteroatoms.